The van der Waals surface area contributed by atoms with Crippen LogP contribution in [0.2, 0.25) is 0 Å². The van der Waals surface area contributed by atoms with Gasteiger partial charge in [-0.05, 0) is 106 Å². The van der Waals surface area contributed by atoms with Crippen molar-refractivity contribution in [3.05, 3.63) is 200 Å². The lowest BCUT2D eigenvalue weighted by Crippen LogP contribution is -2.00. The lowest BCUT2D eigenvalue weighted by molar-refractivity contribution is 1.08. The third kappa shape index (κ3) is 5.66. The SMILES string of the molecule is c1ccc(-c2ccc3cc(-c4cccc(-c5nc(-c6ccc7c(ccc8ccccc87)c6)nc(-c6ccc7ccc8ccccc8c7c6)n5)c4)ccc3c2)cc1. The molecule has 10 aromatic carbocycles. The summed E-state index contributed by atoms with van der Waals surface area (Å²) in [5.41, 5.74) is 7.52. The van der Waals surface area contributed by atoms with Crippen LogP contribution in [0.25, 0.3) is 110 Å². The van der Waals surface area contributed by atoms with Crippen LogP contribution in [0, 0.1) is 0 Å². The summed E-state index contributed by atoms with van der Waals surface area (Å²) in [5.74, 6) is 1.92. The molecule has 0 aliphatic heterocycles. The molecule has 0 spiro atoms. The fourth-order valence-corrected chi connectivity index (χ4v) is 8.13. The van der Waals surface area contributed by atoms with Gasteiger partial charge in [0.15, 0.2) is 17.5 Å². The van der Waals surface area contributed by atoms with Crippen LogP contribution in [0.5, 0.6) is 0 Å². The Balaban J connectivity index is 1.05. The summed E-state index contributed by atoms with van der Waals surface area (Å²) in [6.07, 6.45) is 0. The maximum absolute atomic E-state index is 5.19. The molecule has 0 bridgehead atoms. The van der Waals surface area contributed by atoms with Gasteiger partial charge >= 0.3 is 0 Å². The molecular weight excluding hydrogens is 679 g/mol. The van der Waals surface area contributed by atoms with E-state index in [1.54, 1.807) is 0 Å². The number of aromatic nitrogens is 3. The summed E-state index contributed by atoms with van der Waals surface area (Å²) >= 11 is 0. The molecule has 1 aromatic heterocycles. The van der Waals surface area contributed by atoms with E-state index in [-0.39, 0.29) is 0 Å². The zero-order valence-electron chi connectivity index (χ0n) is 30.4. The van der Waals surface area contributed by atoms with Crippen molar-refractivity contribution < 1.29 is 0 Å². The quantitative estimate of drug-likeness (QED) is 0.167. The van der Waals surface area contributed by atoms with Gasteiger partial charge in [-0.1, -0.05) is 170 Å². The Hall–Kier alpha value is -7.49. The van der Waals surface area contributed by atoms with Gasteiger partial charge in [0.1, 0.15) is 0 Å². The van der Waals surface area contributed by atoms with Crippen molar-refractivity contribution in [1.82, 2.24) is 15.0 Å². The minimum Gasteiger partial charge on any atom is -0.208 e. The van der Waals surface area contributed by atoms with Crippen molar-refractivity contribution in [2.45, 2.75) is 0 Å². The zero-order chi connectivity index (χ0) is 37.0. The molecule has 3 heteroatoms. The van der Waals surface area contributed by atoms with Crippen LogP contribution in [0.4, 0.5) is 0 Å². The van der Waals surface area contributed by atoms with Crippen LogP contribution in [-0.4, -0.2) is 15.0 Å². The summed E-state index contributed by atoms with van der Waals surface area (Å²) in [6.45, 7) is 0. The molecule has 11 aromatic rings. The van der Waals surface area contributed by atoms with Crippen molar-refractivity contribution in [2.75, 3.05) is 0 Å². The number of hydrogen-bond acceptors (Lipinski definition) is 3. The molecule has 260 valence electrons. The second-order valence-corrected chi connectivity index (χ2v) is 14.5. The second kappa shape index (κ2) is 13.1. The Kier molecular flexibility index (Phi) is 7.49. The van der Waals surface area contributed by atoms with Crippen molar-refractivity contribution in [3.63, 3.8) is 0 Å². The van der Waals surface area contributed by atoms with Gasteiger partial charge in [-0.3, -0.25) is 0 Å². The maximum atomic E-state index is 5.19. The van der Waals surface area contributed by atoms with Crippen LogP contribution in [0.3, 0.4) is 0 Å². The normalized spacial score (nSPS) is 11.6. The molecular formula is C53H33N3. The molecule has 0 aliphatic carbocycles. The van der Waals surface area contributed by atoms with E-state index in [9.17, 15) is 0 Å². The van der Waals surface area contributed by atoms with Gasteiger partial charge in [0.05, 0.1) is 0 Å². The van der Waals surface area contributed by atoms with Gasteiger partial charge in [0.25, 0.3) is 0 Å². The highest BCUT2D eigenvalue weighted by molar-refractivity contribution is 6.09. The van der Waals surface area contributed by atoms with Gasteiger partial charge in [-0.15, -0.1) is 0 Å². The smallest absolute Gasteiger partial charge is 0.164 e. The fraction of sp³-hybridized carbons (Fsp3) is 0. The van der Waals surface area contributed by atoms with Crippen LogP contribution in [0.15, 0.2) is 200 Å². The standard InChI is InChI=1S/C53H33N3/c1-2-9-34(10-3-1)39-21-22-42-30-40(23-24-41(42)29-39)38-13-8-14-44(31-38)51-54-52(45-27-28-49-43(32-45)25-19-35-11-4-6-15-47(35)49)56-53(55-51)46-26-20-37-18-17-36-12-5-7-16-48(36)50(37)33-46/h1-33H. The first-order valence-corrected chi connectivity index (χ1v) is 19.0. The van der Waals surface area contributed by atoms with Gasteiger partial charge in [0.2, 0.25) is 0 Å². The highest BCUT2D eigenvalue weighted by Gasteiger charge is 2.15. The van der Waals surface area contributed by atoms with Crippen LogP contribution >= 0.6 is 0 Å². The molecule has 0 atom stereocenters. The van der Waals surface area contributed by atoms with Crippen LogP contribution in [-0.2, 0) is 0 Å². The van der Waals surface area contributed by atoms with Gasteiger partial charge in [-0.25, -0.2) is 15.0 Å². The molecule has 0 amide bonds. The molecule has 0 saturated heterocycles. The van der Waals surface area contributed by atoms with E-state index in [0.29, 0.717) is 17.5 Å². The first-order chi connectivity index (χ1) is 27.7. The monoisotopic (exact) mass is 711 g/mol. The van der Waals surface area contributed by atoms with Crippen molar-refractivity contribution in [1.29, 1.82) is 0 Å². The van der Waals surface area contributed by atoms with Crippen LogP contribution in [0.1, 0.15) is 0 Å². The molecule has 0 aliphatic rings. The summed E-state index contributed by atoms with van der Waals surface area (Å²) in [7, 11) is 0. The van der Waals surface area contributed by atoms with E-state index in [0.717, 1.165) is 33.2 Å². The summed E-state index contributed by atoms with van der Waals surface area (Å²) < 4.78 is 0. The molecule has 11 rings (SSSR count). The maximum Gasteiger partial charge on any atom is 0.164 e. The first-order valence-electron chi connectivity index (χ1n) is 19.0. The predicted molar refractivity (Wildman–Crippen MR) is 235 cm³/mol. The van der Waals surface area contributed by atoms with E-state index < -0.39 is 0 Å². The fourth-order valence-electron chi connectivity index (χ4n) is 8.13. The average Bonchev–Trinajstić information content (AvgIpc) is 3.28. The van der Waals surface area contributed by atoms with E-state index >= 15 is 0 Å². The topological polar surface area (TPSA) is 38.7 Å². The van der Waals surface area contributed by atoms with Crippen molar-refractivity contribution >= 4 is 53.9 Å². The van der Waals surface area contributed by atoms with E-state index in [4.69, 9.17) is 15.0 Å². The van der Waals surface area contributed by atoms with E-state index in [1.807, 2.05) is 0 Å². The van der Waals surface area contributed by atoms with Gasteiger partial charge < -0.3 is 0 Å². The highest BCUT2D eigenvalue weighted by Crippen LogP contribution is 2.35. The largest absolute Gasteiger partial charge is 0.208 e. The Bertz CT molecular complexity index is 3310. The minimum atomic E-state index is 0.636. The summed E-state index contributed by atoms with van der Waals surface area (Å²) in [6, 6.07) is 71.3. The number of hydrogen-bond donors (Lipinski definition) is 0. The third-order valence-electron chi connectivity index (χ3n) is 11.0. The second-order valence-electron chi connectivity index (χ2n) is 14.5. The number of rotatable bonds is 5. The molecule has 1 heterocycles. The molecule has 0 radical (unpaired) electrons. The summed E-state index contributed by atoms with van der Waals surface area (Å²) in [5, 5.41) is 12.0. The van der Waals surface area contributed by atoms with Crippen molar-refractivity contribution in [2.24, 2.45) is 0 Å². The molecule has 0 fully saturated rings. The average molecular weight is 712 g/mol. The highest BCUT2D eigenvalue weighted by atomic mass is 15.0. The van der Waals surface area contributed by atoms with Gasteiger partial charge in [0, 0.05) is 16.7 Å². The lowest BCUT2D eigenvalue weighted by Gasteiger charge is -2.12. The molecule has 0 N–H and O–H groups in total. The zero-order valence-corrected chi connectivity index (χ0v) is 30.4. The predicted octanol–water partition coefficient (Wildman–Crippen LogP) is 14.0. The lowest BCUT2D eigenvalue weighted by atomic mass is 9.97. The van der Waals surface area contributed by atoms with Crippen LogP contribution < -0.4 is 0 Å². The Morgan fingerprint density at radius 3 is 1.29 bits per heavy atom. The number of fused-ring (bicyclic) bond motifs is 7. The molecule has 0 unspecified atom stereocenters. The summed E-state index contributed by atoms with van der Waals surface area (Å²) in [4.78, 5) is 15.5. The minimum absolute atomic E-state index is 0.636. The molecule has 56 heavy (non-hydrogen) atoms. The van der Waals surface area contributed by atoms with Gasteiger partial charge in [-0.2, -0.15) is 0 Å². The number of nitrogens with zero attached hydrogens (tertiary/aromatic N) is 3. The van der Waals surface area contributed by atoms with E-state index in [1.165, 1.54) is 59.6 Å². The van der Waals surface area contributed by atoms with Crippen molar-refractivity contribution in [3.8, 4) is 56.4 Å². The Labute approximate surface area is 324 Å². The number of benzene rings is 10. The third-order valence-corrected chi connectivity index (χ3v) is 11.0. The molecule has 0 saturated carbocycles. The first kappa shape index (κ1) is 32.0. The van der Waals surface area contributed by atoms with E-state index in [2.05, 4.69) is 200 Å². The Morgan fingerprint density at radius 1 is 0.196 bits per heavy atom. The molecule has 3 nitrogen and oxygen atoms in total. The Morgan fingerprint density at radius 2 is 0.589 bits per heavy atom.